The zero-order valence-corrected chi connectivity index (χ0v) is 6.95. The number of carbonyl (C=O) groups excluding carboxylic acids is 2. The van der Waals surface area contributed by atoms with Crippen molar-refractivity contribution >= 4 is 12.2 Å². The van der Waals surface area contributed by atoms with Crippen LogP contribution in [0.15, 0.2) is 12.1 Å². The molecular formula is C9H5FN2O2. The second-order valence-electron chi connectivity index (χ2n) is 2.48. The third-order valence-electron chi connectivity index (χ3n) is 1.69. The Morgan fingerprint density at radius 2 is 2.21 bits per heavy atom. The molecule has 0 spiro atoms. The van der Waals surface area contributed by atoms with Crippen molar-refractivity contribution in [3.05, 3.63) is 34.6 Å². The van der Waals surface area contributed by atoms with Crippen molar-refractivity contribution in [3.8, 4) is 6.07 Å². The first kappa shape index (κ1) is 9.86. The summed E-state index contributed by atoms with van der Waals surface area (Å²) in [7, 11) is 0. The average Bonchev–Trinajstić information content (AvgIpc) is 2.16. The number of nitriles is 1. The summed E-state index contributed by atoms with van der Waals surface area (Å²) in [6.07, 6.45) is 0.181. The van der Waals surface area contributed by atoms with Gasteiger partial charge in [-0.3, -0.25) is 9.59 Å². The van der Waals surface area contributed by atoms with E-state index >= 15 is 0 Å². The zero-order valence-electron chi connectivity index (χ0n) is 6.95. The molecule has 1 rings (SSSR count). The lowest BCUT2D eigenvalue weighted by molar-refractivity contribution is 0.1000. The quantitative estimate of drug-likeness (QED) is 0.696. The van der Waals surface area contributed by atoms with Crippen LogP contribution < -0.4 is 5.73 Å². The number of aldehydes is 1. The topological polar surface area (TPSA) is 83.9 Å². The number of benzene rings is 1. The molecule has 0 saturated heterocycles. The van der Waals surface area contributed by atoms with Gasteiger partial charge in [0.15, 0.2) is 6.29 Å². The monoisotopic (exact) mass is 192 g/mol. The standard InChI is InChI=1S/C9H5FN2O2/c10-8-2-1-5(9(12)14)6(3-11)7(8)4-13/h1-2,4H,(H2,12,14). The van der Waals surface area contributed by atoms with Crippen LogP contribution in [0.5, 0.6) is 0 Å². The summed E-state index contributed by atoms with van der Waals surface area (Å²) in [5.74, 6) is -1.72. The lowest BCUT2D eigenvalue weighted by Gasteiger charge is -2.02. The molecule has 14 heavy (non-hydrogen) atoms. The summed E-state index contributed by atoms with van der Waals surface area (Å²) in [6, 6.07) is 3.56. The van der Waals surface area contributed by atoms with E-state index in [0.29, 0.717) is 0 Å². The lowest BCUT2D eigenvalue weighted by atomic mass is 10.0. The molecule has 4 nitrogen and oxygen atoms in total. The van der Waals surface area contributed by atoms with Crippen LogP contribution in [0.4, 0.5) is 4.39 Å². The zero-order chi connectivity index (χ0) is 10.7. The molecule has 0 atom stereocenters. The highest BCUT2D eigenvalue weighted by Gasteiger charge is 2.15. The number of rotatable bonds is 2. The first-order valence-electron chi connectivity index (χ1n) is 3.59. The van der Waals surface area contributed by atoms with Gasteiger partial charge >= 0.3 is 0 Å². The first-order chi connectivity index (χ1) is 6.61. The third-order valence-corrected chi connectivity index (χ3v) is 1.69. The molecule has 70 valence electrons. The molecule has 0 heterocycles. The second kappa shape index (κ2) is 3.66. The summed E-state index contributed by atoms with van der Waals surface area (Å²) in [6.45, 7) is 0. The second-order valence-corrected chi connectivity index (χ2v) is 2.48. The highest BCUT2D eigenvalue weighted by Crippen LogP contribution is 2.15. The van der Waals surface area contributed by atoms with E-state index in [1.165, 1.54) is 0 Å². The molecule has 0 aliphatic heterocycles. The van der Waals surface area contributed by atoms with Crippen LogP contribution in [0, 0.1) is 17.1 Å². The maximum absolute atomic E-state index is 12.9. The Bertz CT molecular complexity index is 449. The van der Waals surface area contributed by atoms with Gasteiger partial charge in [0, 0.05) is 0 Å². The Morgan fingerprint density at radius 3 is 2.64 bits per heavy atom. The molecule has 1 amide bonds. The van der Waals surface area contributed by atoms with Crippen molar-refractivity contribution in [1.29, 1.82) is 5.26 Å². The van der Waals surface area contributed by atoms with Crippen molar-refractivity contribution in [2.24, 2.45) is 5.73 Å². The van der Waals surface area contributed by atoms with Gasteiger partial charge in [-0.05, 0) is 12.1 Å². The minimum atomic E-state index is -0.871. The smallest absolute Gasteiger partial charge is 0.250 e. The van der Waals surface area contributed by atoms with Gasteiger partial charge in [-0.15, -0.1) is 0 Å². The number of hydrogen-bond donors (Lipinski definition) is 1. The van der Waals surface area contributed by atoms with Crippen LogP contribution in [-0.2, 0) is 0 Å². The van der Waals surface area contributed by atoms with Gasteiger partial charge in [0.2, 0.25) is 5.91 Å². The van der Waals surface area contributed by atoms with Gasteiger partial charge in [0.05, 0.1) is 16.7 Å². The summed E-state index contributed by atoms with van der Waals surface area (Å²) in [5.41, 5.74) is 4.01. The Morgan fingerprint density at radius 1 is 1.57 bits per heavy atom. The largest absolute Gasteiger partial charge is 0.366 e. The normalized spacial score (nSPS) is 9.14. The molecule has 1 aromatic carbocycles. The van der Waals surface area contributed by atoms with Crippen LogP contribution in [0.3, 0.4) is 0 Å². The minimum Gasteiger partial charge on any atom is -0.366 e. The van der Waals surface area contributed by atoms with Crippen molar-refractivity contribution in [3.63, 3.8) is 0 Å². The minimum absolute atomic E-state index is 0.156. The summed E-state index contributed by atoms with van der Waals surface area (Å²) in [5, 5.41) is 8.62. The van der Waals surface area contributed by atoms with Crippen molar-refractivity contribution in [2.75, 3.05) is 0 Å². The molecule has 0 aromatic heterocycles. The van der Waals surface area contributed by atoms with E-state index < -0.39 is 17.3 Å². The molecule has 0 aliphatic carbocycles. The van der Waals surface area contributed by atoms with Crippen molar-refractivity contribution in [2.45, 2.75) is 0 Å². The molecule has 0 unspecified atom stereocenters. The van der Waals surface area contributed by atoms with Gasteiger partial charge in [-0.25, -0.2) is 4.39 Å². The van der Waals surface area contributed by atoms with Gasteiger partial charge in [-0.1, -0.05) is 0 Å². The molecule has 0 fully saturated rings. The van der Waals surface area contributed by atoms with Crippen molar-refractivity contribution < 1.29 is 14.0 Å². The summed E-state index contributed by atoms with van der Waals surface area (Å²) < 4.78 is 12.9. The predicted molar refractivity (Wildman–Crippen MR) is 45.0 cm³/mol. The van der Waals surface area contributed by atoms with Crippen molar-refractivity contribution in [1.82, 2.24) is 0 Å². The Kier molecular flexibility index (Phi) is 2.58. The fraction of sp³-hybridized carbons (Fsp3) is 0. The Hall–Kier alpha value is -2.22. The Balaban J connectivity index is 3.58. The van der Waals surface area contributed by atoms with E-state index in [-0.39, 0.29) is 17.4 Å². The first-order valence-corrected chi connectivity index (χ1v) is 3.59. The number of hydrogen-bond acceptors (Lipinski definition) is 3. The van der Waals surface area contributed by atoms with Gasteiger partial charge in [-0.2, -0.15) is 5.26 Å². The Labute approximate surface area is 78.7 Å². The molecule has 0 aliphatic rings. The van der Waals surface area contributed by atoms with E-state index in [1.54, 1.807) is 6.07 Å². The van der Waals surface area contributed by atoms with E-state index in [2.05, 4.69) is 0 Å². The molecule has 5 heteroatoms. The molecule has 0 radical (unpaired) electrons. The number of carbonyl (C=O) groups is 2. The number of halogens is 1. The van der Waals surface area contributed by atoms with Crippen LogP contribution in [0.1, 0.15) is 26.3 Å². The van der Waals surface area contributed by atoms with E-state index in [1.807, 2.05) is 0 Å². The highest BCUT2D eigenvalue weighted by molar-refractivity contribution is 5.98. The van der Waals surface area contributed by atoms with Crippen LogP contribution in [0.25, 0.3) is 0 Å². The van der Waals surface area contributed by atoms with E-state index in [9.17, 15) is 14.0 Å². The van der Waals surface area contributed by atoms with Crippen LogP contribution in [0.2, 0.25) is 0 Å². The molecule has 1 aromatic rings. The van der Waals surface area contributed by atoms with Gasteiger partial charge in [0.1, 0.15) is 11.9 Å². The molecule has 2 N–H and O–H groups in total. The SMILES string of the molecule is N#Cc1c(C(N)=O)ccc(F)c1C=O. The summed E-state index contributed by atoms with van der Waals surface area (Å²) >= 11 is 0. The van der Waals surface area contributed by atoms with Crippen LogP contribution >= 0.6 is 0 Å². The maximum atomic E-state index is 12.9. The maximum Gasteiger partial charge on any atom is 0.250 e. The molecule has 0 saturated carbocycles. The van der Waals surface area contributed by atoms with Gasteiger partial charge in [0.25, 0.3) is 0 Å². The predicted octanol–water partition coefficient (Wildman–Crippen LogP) is 0.609. The highest BCUT2D eigenvalue weighted by atomic mass is 19.1. The fourth-order valence-corrected chi connectivity index (χ4v) is 1.04. The van der Waals surface area contributed by atoms with Crippen LogP contribution in [-0.4, -0.2) is 12.2 Å². The molecule has 0 bridgehead atoms. The summed E-state index contributed by atoms with van der Waals surface area (Å²) in [4.78, 5) is 21.2. The van der Waals surface area contributed by atoms with E-state index in [0.717, 1.165) is 12.1 Å². The molecular weight excluding hydrogens is 187 g/mol. The number of nitrogens with two attached hydrogens (primary N) is 1. The fourth-order valence-electron chi connectivity index (χ4n) is 1.04. The number of amides is 1. The van der Waals surface area contributed by atoms with Gasteiger partial charge < -0.3 is 5.73 Å². The van der Waals surface area contributed by atoms with E-state index in [4.69, 9.17) is 11.0 Å². The third kappa shape index (κ3) is 1.45. The lowest BCUT2D eigenvalue weighted by Crippen LogP contribution is -2.14. The number of nitrogens with zero attached hydrogens (tertiary/aromatic N) is 1. The average molecular weight is 192 g/mol. The number of primary amides is 1.